The molecule has 9 heteroatoms. The highest BCUT2D eigenvalue weighted by molar-refractivity contribution is 6.32. The molecule has 0 saturated heterocycles. The largest absolute Gasteiger partial charge is 0.281 e. The first-order valence-electron chi connectivity index (χ1n) is 5.62. The van der Waals surface area contributed by atoms with Crippen LogP contribution in [0.25, 0.3) is 11.0 Å². The first kappa shape index (κ1) is 13.0. The molecule has 0 spiro atoms. The van der Waals surface area contributed by atoms with Gasteiger partial charge in [0.2, 0.25) is 0 Å². The summed E-state index contributed by atoms with van der Waals surface area (Å²) >= 11 is 11.7. The van der Waals surface area contributed by atoms with Gasteiger partial charge in [-0.15, -0.1) is 5.10 Å². The SMILES string of the molecule is Cn1ncc2c(=O)n(Cc3ccc(Cl)nc3Cl)nnc21. The first-order valence-corrected chi connectivity index (χ1v) is 6.38. The van der Waals surface area contributed by atoms with Crippen molar-refractivity contribution in [1.82, 2.24) is 29.8 Å². The van der Waals surface area contributed by atoms with Crippen molar-refractivity contribution in [1.29, 1.82) is 0 Å². The summed E-state index contributed by atoms with van der Waals surface area (Å²) in [4.78, 5) is 16.2. The van der Waals surface area contributed by atoms with Gasteiger partial charge >= 0.3 is 0 Å². The summed E-state index contributed by atoms with van der Waals surface area (Å²) in [6.45, 7) is 0.166. The Bertz CT molecular complexity index is 856. The second kappa shape index (κ2) is 4.84. The number of fused-ring (bicyclic) bond motifs is 1. The predicted molar refractivity (Wildman–Crippen MR) is 73.9 cm³/mol. The molecule has 0 unspecified atom stereocenters. The van der Waals surface area contributed by atoms with E-state index in [1.807, 2.05) is 0 Å². The molecule has 3 aromatic rings. The fourth-order valence-corrected chi connectivity index (χ4v) is 2.20. The van der Waals surface area contributed by atoms with Crippen LogP contribution in [-0.2, 0) is 13.6 Å². The number of halogens is 2. The molecule has 102 valence electrons. The van der Waals surface area contributed by atoms with Crippen molar-refractivity contribution >= 4 is 34.2 Å². The Balaban J connectivity index is 2.07. The number of hydrogen-bond acceptors (Lipinski definition) is 5. The van der Waals surface area contributed by atoms with Crippen molar-refractivity contribution in [3.8, 4) is 0 Å². The summed E-state index contributed by atoms with van der Waals surface area (Å²) in [6.07, 6.45) is 1.46. The van der Waals surface area contributed by atoms with E-state index in [0.717, 1.165) is 0 Å². The zero-order valence-corrected chi connectivity index (χ0v) is 11.8. The molecule has 0 radical (unpaired) electrons. The summed E-state index contributed by atoms with van der Waals surface area (Å²) in [5.41, 5.74) is 0.788. The zero-order chi connectivity index (χ0) is 14.3. The highest BCUT2D eigenvalue weighted by Gasteiger charge is 2.11. The molecule has 0 aliphatic rings. The van der Waals surface area contributed by atoms with E-state index >= 15 is 0 Å². The van der Waals surface area contributed by atoms with Gasteiger partial charge in [-0.3, -0.25) is 4.79 Å². The normalized spacial score (nSPS) is 11.2. The Morgan fingerprint density at radius 2 is 2.10 bits per heavy atom. The standard InChI is InChI=1S/C11H8Cl2N6O/c1-18-10-7(4-14-18)11(20)19(17-16-10)5-6-2-3-8(12)15-9(6)13/h2-4H,5H2,1H3. The van der Waals surface area contributed by atoms with E-state index < -0.39 is 0 Å². The average molecular weight is 311 g/mol. The molecule has 3 heterocycles. The van der Waals surface area contributed by atoms with Crippen molar-refractivity contribution in [2.24, 2.45) is 7.05 Å². The van der Waals surface area contributed by atoms with Crippen LogP contribution in [0, 0.1) is 0 Å². The van der Waals surface area contributed by atoms with E-state index in [9.17, 15) is 4.79 Å². The third-order valence-corrected chi connectivity index (χ3v) is 3.37. The van der Waals surface area contributed by atoms with Gasteiger partial charge in [-0.1, -0.05) is 34.5 Å². The molecule has 0 saturated carbocycles. The van der Waals surface area contributed by atoms with Gasteiger partial charge in [0.1, 0.15) is 15.7 Å². The minimum atomic E-state index is -0.283. The lowest BCUT2D eigenvalue weighted by atomic mass is 10.3. The number of hydrogen-bond donors (Lipinski definition) is 0. The minimum Gasteiger partial charge on any atom is -0.267 e. The van der Waals surface area contributed by atoms with Gasteiger partial charge in [-0.25, -0.2) is 14.3 Å². The Morgan fingerprint density at radius 1 is 1.30 bits per heavy atom. The predicted octanol–water partition coefficient (Wildman–Crippen LogP) is 1.28. The van der Waals surface area contributed by atoms with Crippen molar-refractivity contribution < 1.29 is 0 Å². The number of rotatable bonds is 2. The molecule has 0 N–H and O–H groups in total. The fourth-order valence-electron chi connectivity index (χ4n) is 1.80. The maximum atomic E-state index is 12.2. The molecule has 0 amide bonds. The highest BCUT2D eigenvalue weighted by atomic mass is 35.5. The number of aromatic nitrogens is 6. The van der Waals surface area contributed by atoms with Gasteiger partial charge in [0, 0.05) is 12.6 Å². The van der Waals surface area contributed by atoms with Crippen LogP contribution in [0.1, 0.15) is 5.56 Å². The molecule has 0 atom stereocenters. The lowest BCUT2D eigenvalue weighted by molar-refractivity contribution is 0.594. The summed E-state index contributed by atoms with van der Waals surface area (Å²) in [6, 6.07) is 3.29. The van der Waals surface area contributed by atoms with E-state index in [1.54, 1.807) is 19.2 Å². The second-order valence-corrected chi connectivity index (χ2v) is 4.89. The molecule has 0 bridgehead atoms. The van der Waals surface area contributed by atoms with E-state index in [4.69, 9.17) is 23.2 Å². The molecule has 20 heavy (non-hydrogen) atoms. The monoisotopic (exact) mass is 310 g/mol. The van der Waals surface area contributed by atoms with E-state index in [1.165, 1.54) is 15.6 Å². The van der Waals surface area contributed by atoms with Crippen molar-refractivity contribution in [3.63, 3.8) is 0 Å². The first-order chi connectivity index (χ1) is 9.56. The molecule has 3 aromatic heterocycles. The van der Waals surface area contributed by atoms with Crippen LogP contribution >= 0.6 is 23.2 Å². The van der Waals surface area contributed by atoms with Crippen LogP contribution in [0.3, 0.4) is 0 Å². The second-order valence-electron chi connectivity index (χ2n) is 4.14. The quantitative estimate of drug-likeness (QED) is 0.666. The van der Waals surface area contributed by atoms with Gasteiger partial charge in [0.05, 0.1) is 12.7 Å². The lowest BCUT2D eigenvalue weighted by Gasteiger charge is -2.05. The van der Waals surface area contributed by atoms with E-state index in [-0.39, 0.29) is 17.3 Å². The Labute approximate surface area is 122 Å². The number of nitrogens with zero attached hydrogens (tertiary/aromatic N) is 6. The van der Waals surface area contributed by atoms with Gasteiger partial charge in [-0.05, 0) is 6.07 Å². The van der Waals surface area contributed by atoms with Crippen LogP contribution in [0.2, 0.25) is 10.3 Å². The highest BCUT2D eigenvalue weighted by Crippen LogP contribution is 2.17. The smallest absolute Gasteiger partial charge is 0.267 e. The van der Waals surface area contributed by atoms with Crippen LogP contribution in [0.15, 0.2) is 23.1 Å². The molecule has 0 fully saturated rings. The summed E-state index contributed by atoms with van der Waals surface area (Å²) in [5.74, 6) is 0. The Kier molecular flexibility index (Phi) is 3.15. The molecular formula is C11H8Cl2N6O. The molecule has 0 aliphatic carbocycles. The molecule has 0 aromatic carbocycles. The van der Waals surface area contributed by atoms with Gasteiger partial charge in [0.15, 0.2) is 5.65 Å². The van der Waals surface area contributed by atoms with E-state index in [2.05, 4.69) is 20.4 Å². The lowest BCUT2D eigenvalue weighted by Crippen LogP contribution is -2.25. The maximum Gasteiger partial charge on any atom is 0.281 e. The van der Waals surface area contributed by atoms with Gasteiger partial charge in [-0.2, -0.15) is 5.10 Å². The third kappa shape index (κ3) is 2.14. The number of aryl methyl sites for hydroxylation is 1. The Morgan fingerprint density at radius 3 is 2.85 bits per heavy atom. The molecule has 0 aliphatic heterocycles. The molecule has 3 rings (SSSR count). The van der Waals surface area contributed by atoms with Crippen molar-refractivity contribution in [2.75, 3.05) is 0 Å². The summed E-state index contributed by atoms with van der Waals surface area (Å²) in [5, 5.41) is 12.7. The van der Waals surface area contributed by atoms with Crippen LogP contribution < -0.4 is 5.56 Å². The van der Waals surface area contributed by atoms with Crippen LogP contribution in [0.4, 0.5) is 0 Å². The van der Waals surface area contributed by atoms with Crippen molar-refractivity contribution in [3.05, 3.63) is 44.6 Å². The molecule has 7 nitrogen and oxygen atoms in total. The molecular weight excluding hydrogens is 303 g/mol. The topological polar surface area (TPSA) is 78.5 Å². The Hall–Kier alpha value is -1.99. The van der Waals surface area contributed by atoms with E-state index in [0.29, 0.717) is 21.7 Å². The van der Waals surface area contributed by atoms with Crippen LogP contribution in [-0.4, -0.2) is 29.8 Å². The average Bonchev–Trinajstić information content (AvgIpc) is 2.78. The fraction of sp³-hybridized carbons (Fsp3) is 0.182. The zero-order valence-electron chi connectivity index (χ0n) is 10.3. The van der Waals surface area contributed by atoms with Crippen LogP contribution in [0.5, 0.6) is 0 Å². The summed E-state index contributed by atoms with van der Waals surface area (Å²) in [7, 11) is 1.70. The third-order valence-electron chi connectivity index (χ3n) is 2.83. The van der Waals surface area contributed by atoms with Gasteiger partial charge in [0.25, 0.3) is 5.56 Å². The van der Waals surface area contributed by atoms with Gasteiger partial charge < -0.3 is 0 Å². The summed E-state index contributed by atoms with van der Waals surface area (Å²) < 4.78 is 2.70. The number of pyridine rings is 1. The maximum absolute atomic E-state index is 12.2. The van der Waals surface area contributed by atoms with Crippen molar-refractivity contribution in [2.45, 2.75) is 6.54 Å². The minimum absolute atomic E-state index is 0.166.